The summed E-state index contributed by atoms with van der Waals surface area (Å²) in [6, 6.07) is 2.98. The number of methoxy groups -OCH3 is 1. The van der Waals surface area contributed by atoms with Gasteiger partial charge in [0.05, 0.1) is 24.3 Å². The molecule has 114 valence electrons. The number of benzene rings is 1. The van der Waals surface area contributed by atoms with Crippen molar-refractivity contribution in [3.63, 3.8) is 0 Å². The highest BCUT2D eigenvalue weighted by Crippen LogP contribution is 2.28. The summed E-state index contributed by atoms with van der Waals surface area (Å²) in [4.78, 5) is 16.9. The summed E-state index contributed by atoms with van der Waals surface area (Å²) in [6.07, 6.45) is 8.71. The molecule has 0 aliphatic heterocycles. The highest BCUT2D eigenvalue weighted by molar-refractivity contribution is 5.81. The van der Waals surface area contributed by atoms with Crippen LogP contribution in [-0.4, -0.2) is 21.8 Å². The number of phenols is 1. The Hall–Kier alpha value is -2.56. The Morgan fingerprint density at radius 1 is 1.45 bits per heavy atom. The maximum Gasteiger partial charge on any atom is 0.261 e. The predicted octanol–water partition coefficient (Wildman–Crippen LogP) is 2.63. The number of ether oxygens (including phenoxy) is 1. The van der Waals surface area contributed by atoms with E-state index in [0.717, 1.165) is 6.42 Å². The molecule has 0 fully saturated rings. The van der Waals surface area contributed by atoms with Gasteiger partial charge in [0.2, 0.25) is 0 Å². The third-order valence-electron chi connectivity index (χ3n) is 3.85. The topological polar surface area (TPSA) is 64.4 Å². The van der Waals surface area contributed by atoms with Crippen molar-refractivity contribution in [1.82, 2.24) is 9.55 Å². The van der Waals surface area contributed by atoms with E-state index in [1.807, 2.05) is 12.2 Å². The molecule has 0 radical (unpaired) electrons. The average molecular weight is 298 g/mol. The Bertz CT molecular complexity index is 834. The van der Waals surface area contributed by atoms with E-state index in [1.54, 1.807) is 17.0 Å². The van der Waals surface area contributed by atoms with Crippen molar-refractivity contribution < 1.29 is 9.84 Å². The first kappa shape index (κ1) is 14.4. The molecule has 0 bridgehead atoms. The SMILES string of the molecule is COc1cc2ncn(CC3=CC=CC(C)C3)c(=O)c2cc1O. The number of hydrogen-bond acceptors (Lipinski definition) is 4. The van der Waals surface area contributed by atoms with E-state index in [-0.39, 0.29) is 11.3 Å². The van der Waals surface area contributed by atoms with Gasteiger partial charge in [0.1, 0.15) is 0 Å². The quantitative estimate of drug-likeness (QED) is 0.946. The second-order valence-corrected chi connectivity index (χ2v) is 5.61. The standard InChI is InChI=1S/C17H18N2O3/c1-11-4-3-5-12(6-11)9-19-10-18-14-8-16(22-2)15(20)7-13(14)17(19)21/h3-5,7-8,10-11,20H,6,9H2,1-2H3. The Morgan fingerprint density at radius 2 is 2.27 bits per heavy atom. The maximum atomic E-state index is 12.6. The normalized spacial score (nSPS) is 17.5. The molecule has 5 nitrogen and oxygen atoms in total. The van der Waals surface area contributed by atoms with Gasteiger partial charge < -0.3 is 9.84 Å². The molecule has 0 saturated carbocycles. The van der Waals surface area contributed by atoms with Crippen molar-refractivity contribution in [2.75, 3.05) is 7.11 Å². The number of phenolic OH excluding ortho intramolecular Hbond substituents is 1. The number of allylic oxidation sites excluding steroid dienone is 4. The Balaban J connectivity index is 2.02. The molecule has 1 heterocycles. The lowest BCUT2D eigenvalue weighted by Gasteiger charge is -2.16. The van der Waals surface area contributed by atoms with E-state index in [0.29, 0.717) is 29.1 Å². The summed E-state index contributed by atoms with van der Waals surface area (Å²) in [5.74, 6) is 0.739. The minimum Gasteiger partial charge on any atom is -0.504 e. The van der Waals surface area contributed by atoms with Crippen molar-refractivity contribution in [1.29, 1.82) is 0 Å². The van der Waals surface area contributed by atoms with E-state index in [2.05, 4.69) is 18.0 Å². The molecule has 1 N–H and O–H groups in total. The molecule has 1 aliphatic carbocycles. The molecule has 1 aromatic carbocycles. The number of aromatic hydroxyl groups is 1. The summed E-state index contributed by atoms with van der Waals surface area (Å²) in [5.41, 5.74) is 1.55. The van der Waals surface area contributed by atoms with Gasteiger partial charge in [-0.15, -0.1) is 0 Å². The van der Waals surface area contributed by atoms with Crippen molar-refractivity contribution in [3.05, 3.63) is 52.6 Å². The van der Waals surface area contributed by atoms with E-state index in [1.165, 1.54) is 18.7 Å². The van der Waals surface area contributed by atoms with Crippen LogP contribution in [0, 0.1) is 5.92 Å². The maximum absolute atomic E-state index is 12.6. The molecule has 2 aromatic rings. The minimum atomic E-state index is -0.161. The zero-order valence-corrected chi connectivity index (χ0v) is 12.6. The van der Waals surface area contributed by atoms with Gasteiger partial charge in [-0.2, -0.15) is 0 Å². The molecule has 22 heavy (non-hydrogen) atoms. The van der Waals surface area contributed by atoms with Crippen LogP contribution in [0.2, 0.25) is 0 Å². The number of fused-ring (bicyclic) bond motifs is 1. The lowest BCUT2D eigenvalue weighted by Crippen LogP contribution is -2.22. The average Bonchev–Trinajstić information content (AvgIpc) is 2.50. The largest absolute Gasteiger partial charge is 0.504 e. The molecule has 1 aromatic heterocycles. The van der Waals surface area contributed by atoms with Gasteiger partial charge in [-0.25, -0.2) is 4.98 Å². The van der Waals surface area contributed by atoms with Crippen LogP contribution in [-0.2, 0) is 6.54 Å². The highest BCUT2D eigenvalue weighted by Gasteiger charge is 2.12. The molecule has 0 spiro atoms. The number of aromatic nitrogens is 2. The number of nitrogens with zero attached hydrogens (tertiary/aromatic N) is 2. The van der Waals surface area contributed by atoms with E-state index in [9.17, 15) is 9.90 Å². The summed E-state index contributed by atoms with van der Waals surface area (Å²) in [6.45, 7) is 2.67. The van der Waals surface area contributed by atoms with Gasteiger partial charge in [0.25, 0.3) is 5.56 Å². The lowest BCUT2D eigenvalue weighted by atomic mass is 9.96. The highest BCUT2D eigenvalue weighted by atomic mass is 16.5. The smallest absolute Gasteiger partial charge is 0.261 e. The van der Waals surface area contributed by atoms with Crippen LogP contribution in [0.3, 0.4) is 0 Å². The lowest BCUT2D eigenvalue weighted by molar-refractivity contribution is 0.374. The zero-order valence-electron chi connectivity index (χ0n) is 12.6. The van der Waals surface area contributed by atoms with E-state index >= 15 is 0 Å². The van der Waals surface area contributed by atoms with Crippen LogP contribution in [0.4, 0.5) is 0 Å². The summed E-state index contributed by atoms with van der Waals surface area (Å²) >= 11 is 0. The number of rotatable bonds is 3. The first-order valence-corrected chi connectivity index (χ1v) is 7.21. The van der Waals surface area contributed by atoms with E-state index in [4.69, 9.17) is 4.74 Å². The molecule has 1 atom stereocenters. The fraction of sp³-hybridized carbons (Fsp3) is 0.294. The van der Waals surface area contributed by atoms with Crippen LogP contribution in [0.25, 0.3) is 10.9 Å². The van der Waals surface area contributed by atoms with Crippen LogP contribution >= 0.6 is 0 Å². The van der Waals surface area contributed by atoms with Crippen LogP contribution in [0.15, 0.2) is 47.1 Å². The number of hydrogen-bond donors (Lipinski definition) is 1. The predicted molar refractivity (Wildman–Crippen MR) is 85.2 cm³/mol. The third-order valence-corrected chi connectivity index (χ3v) is 3.85. The summed E-state index contributed by atoms with van der Waals surface area (Å²) in [7, 11) is 1.46. The van der Waals surface area contributed by atoms with Crippen LogP contribution in [0.1, 0.15) is 13.3 Å². The van der Waals surface area contributed by atoms with Gasteiger partial charge in [0, 0.05) is 12.6 Å². The Kier molecular flexibility index (Phi) is 3.71. The first-order valence-electron chi connectivity index (χ1n) is 7.21. The second-order valence-electron chi connectivity index (χ2n) is 5.61. The van der Waals surface area contributed by atoms with Crippen LogP contribution < -0.4 is 10.3 Å². The zero-order chi connectivity index (χ0) is 15.7. The Labute approximate surface area is 128 Å². The van der Waals surface area contributed by atoms with Gasteiger partial charge in [-0.3, -0.25) is 9.36 Å². The molecule has 0 saturated heterocycles. The van der Waals surface area contributed by atoms with Gasteiger partial charge in [-0.05, 0) is 24.0 Å². The summed E-state index contributed by atoms with van der Waals surface area (Å²) < 4.78 is 6.62. The first-order chi connectivity index (χ1) is 10.6. The minimum absolute atomic E-state index is 0.0555. The van der Waals surface area contributed by atoms with Gasteiger partial charge >= 0.3 is 0 Å². The third kappa shape index (κ3) is 2.62. The monoisotopic (exact) mass is 298 g/mol. The van der Waals surface area contributed by atoms with Crippen molar-refractivity contribution in [2.45, 2.75) is 19.9 Å². The van der Waals surface area contributed by atoms with E-state index < -0.39 is 0 Å². The molecule has 3 rings (SSSR count). The molecule has 5 heteroatoms. The molecule has 1 aliphatic rings. The van der Waals surface area contributed by atoms with Gasteiger partial charge in [-0.1, -0.05) is 25.2 Å². The van der Waals surface area contributed by atoms with Gasteiger partial charge in [0.15, 0.2) is 11.5 Å². The molecule has 0 amide bonds. The molecule has 1 unspecified atom stereocenters. The Morgan fingerprint density at radius 3 is 3.00 bits per heavy atom. The molecular formula is C17H18N2O3. The molecular weight excluding hydrogens is 280 g/mol. The van der Waals surface area contributed by atoms with Crippen molar-refractivity contribution >= 4 is 10.9 Å². The van der Waals surface area contributed by atoms with Crippen molar-refractivity contribution in [2.24, 2.45) is 5.92 Å². The summed E-state index contributed by atoms with van der Waals surface area (Å²) in [5, 5.41) is 10.2. The fourth-order valence-electron chi connectivity index (χ4n) is 2.72. The van der Waals surface area contributed by atoms with Crippen molar-refractivity contribution in [3.8, 4) is 11.5 Å². The second kappa shape index (κ2) is 5.67. The fourth-order valence-corrected chi connectivity index (χ4v) is 2.72. The van der Waals surface area contributed by atoms with Crippen LogP contribution in [0.5, 0.6) is 11.5 Å².